The number of rotatable bonds is 63. The molecule has 0 amide bonds. The average molecular weight is 1270 g/mol. The molecule has 3 N–H and O–H groups in total. The lowest BCUT2D eigenvalue weighted by atomic mass is 10.0. The largest absolute Gasteiger partial charge is 0.472 e. The molecule has 506 valence electrons. The molecular formula is C67H126O17P2. The molecule has 0 fully saturated rings. The molecule has 0 spiro atoms. The molecule has 5 atom stereocenters. The number of hydrogen-bond donors (Lipinski definition) is 3. The molecule has 0 aliphatic carbocycles. The third kappa shape index (κ3) is 60.5. The summed E-state index contributed by atoms with van der Waals surface area (Å²) in [4.78, 5) is 72.3. The van der Waals surface area contributed by atoms with Crippen molar-refractivity contribution in [3.8, 4) is 0 Å². The zero-order valence-electron chi connectivity index (χ0n) is 55.3. The van der Waals surface area contributed by atoms with Crippen LogP contribution in [0.4, 0.5) is 0 Å². The van der Waals surface area contributed by atoms with Gasteiger partial charge in [0.1, 0.15) is 19.3 Å². The Bertz CT molecular complexity index is 1790. The number of carbonyl (C=O) groups is 4. The first-order valence-electron chi connectivity index (χ1n) is 34.2. The number of esters is 4. The summed E-state index contributed by atoms with van der Waals surface area (Å²) in [6, 6.07) is 0. The van der Waals surface area contributed by atoms with Crippen LogP contribution in [-0.4, -0.2) is 96.7 Å². The van der Waals surface area contributed by atoms with E-state index in [0.29, 0.717) is 43.4 Å². The Morgan fingerprint density at radius 2 is 0.628 bits per heavy atom. The van der Waals surface area contributed by atoms with E-state index in [1.54, 1.807) is 0 Å². The van der Waals surface area contributed by atoms with Crippen LogP contribution in [0.5, 0.6) is 0 Å². The molecule has 0 rings (SSSR count). The molecule has 0 aromatic rings. The minimum absolute atomic E-state index is 0.0969. The zero-order valence-corrected chi connectivity index (χ0v) is 57.0. The minimum atomic E-state index is -4.96. The van der Waals surface area contributed by atoms with E-state index in [1.807, 2.05) is 0 Å². The van der Waals surface area contributed by atoms with E-state index in [0.717, 1.165) is 116 Å². The molecule has 0 saturated heterocycles. The van der Waals surface area contributed by atoms with E-state index < -0.39 is 97.5 Å². The van der Waals surface area contributed by atoms with Gasteiger partial charge in [-0.2, -0.15) is 0 Å². The first-order chi connectivity index (χ1) is 41.2. The summed E-state index contributed by atoms with van der Waals surface area (Å²) in [5, 5.41) is 10.5. The van der Waals surface area contributed by atoms with E-state index in [4.69, 9.17) is 37.0 Å². The smallest absolute Gasteiger partial charge is 0.462 e. The van der Waals surface area contributed by atoms with Gasteiger partial charge < -0.3 is 33.8 Å². The zero-order chi connectivity index (χ0) is 63.8. The van der Waals surface area contributed by atoms with Crippen molar-refractivity contribution in [3.63, 3.8) is 0 Å². The third-order valence-corrected chi connectivity index (χ3v) is 16.7. The Hall–Kier alpha value is -2.46. The molecule has 0 aromatic carbocycles. The van der Waals surface area contributed by atoms with Gasteiger partial charge in [-0.05, 0) is 69.1 Å². The van der Waals surface area contributed by atoms with Crippen LogP contribution in [-0.2, 0) is 65.4 Å². The predicted octanol–water partition coefficient (Wildman–Crippen LogP) is 18.2. The van der Waals surface area contributed by atoms with Gasteiger partial charge in [0.05, 0.1) is 26.4 Å². The standard InChI is InChI=1S/C67H126O17P2/c1-8-9-10-11-12-13-14-15-16-17-18-19-27-34-41-48-64(69)77-54-62(83-66(71)50-43-36-28-21-20-24-31-38-45-58(2)3)56-81-85(73,74)79-52-61(68)53-80-86(75,76)82-57-63(84-67(72)51-44-37-30-23-26-33-40-47-60(6)7)55-78-65(70)49-42-35-29-22-25-32-39-46-59(4)5/h13-16,58-63,68H,8-12,17-57H2,1-7H3,(H,73,74)(H,75,76)/b14-13-,16-15-/t61?,62-,63-/m1/s1. The normalized spacial score (nSPS) is 14.5. The van der Waals surface area contributed by atoms with Crippen molar-refractivity contribution in [2.24, 2.45) is 17.8 Å². The number of hydrogen-bond acceptors (Lipinski definition) is 15. The summed E-state index contributed by atoms with van der Waals surface area (Å²) >= 11 is 0. The number of carbonyl (C=O) groups excluding carboxylic acids is 4. The summed E-state index contributed by atoms with van der Waals surface area (Å²) in [7, 11) is -9.90. The Morgan fingerprint density at radius 3 is 0.942 bits per heavy atom. The number of unbranched alkanes of at least 4 members (excludes halogenated alkanes) is 28. The Balaban J connectivity index is 5.27. The second-order valence-corrected chi connectivity index (χ2v) is 27.9. The maximum Gasteiger partial charge on any atom is 0.472 e. The van der Waals surface area contributed by atoms with Gasteiger partial charge in [-0.1, -0.05) is 253 Å². The summed E-state index contributed by atoms with van der Waals surface area (Å²) in [6.07, 6.45) is 42.8. The van der Waals surface area contributed by atoms with Gasteiger partial charge in [-0.3, -0.25) is 37.3 Å². The van der Waals surface area contributed by atoms with Crippen molar-refractivity contribution in [2.75, 3.05) is 39.6 Å². The van der Waals surface area contributed by atoms with E-state index in [9.17, 15) is 43.2 Å². The summed E-state index contributed by atoms with van der Waals surface area (Å²) in [6.45, 7) is 11.6. The highest BCUT2D eigenvalue weighted by Gasteiger charge is 2.30. The van der Waals surface area contributed by atoms with Crippen LogP contribution >= 0.6 is 15.6 Å². The van der Waals surface area contributed by atoms with E-state index in [-0.39, 0.29) is 25.7 Å². The lowest BCUT2D eigenvalue weighted by Crippen LogP contribution is -2.30. The van der Waals surface area contributed by atoms with Gasteiger partial charge >= 0.3 is 39.5 Å². The molecule has 3 unspecified atom stereocenters. The van der Waals surface area contributed by atoms with Gasteiger partial charge in [0.25, 0.3) is 0 Å². The fraction of sp³-hybridized carbons (Fsp3) is 0.881. The van der Waals surface area contributed by atoms with Crippen LogP contribution in [0.3, 0.4) is 0 Å². The molecular weight excluding hydrogens is 1140 g/mol. The van der Waals surface area contributed by atoms with Gasteiger partial charge in [-0.25, -0.2) is 9.13 Å². The Morgan fingerprint density at radius 1 is 0.360 bits per heavy atom. The van der Waals surface area contributed by atoms with Gasteiger partial charge in [-0.15, -0.1) is 0 Å². The average Bonchev–Trinajstić information content (AvgIpc) is 3.66. The molecule has 19 heteroatoms. The highest BCUT2D eigenvalue weighted by Crippen LogP contribution is 2.45. The number of aliphatic hydroxyl groups is 1. The maximum absolute atomic E-state index is 13.0. The Labute approximate surface area is 522 Å². The number of phosphoric ester groups is 2. The molecule has 0 heterocycles. The maximum atomic E-state index is 13.0. The Kier molecular flexibility index (Phi) is 56.0. The monoisotopic (exact) mass is 1260 g/mol. The number of phosphoric acid groups is 2. The van der Waals surface area contributed by atoms with Gasteiger partial charge in [0, 0.05) is 25.7 Å². The van der Waals surface area contributed by atoms with Crippen molar-refractivity contribution in [3.05, 3.63) is 24.3 Å². The van der Waals surface area contributed by atoms with Crippen LogP contribution in [0.25, 0.3) is 0 Å². The van der Waals surface area contributed by atoms with Crippen LogP contribution in [0.2, 0.25) is 0 Å². The SMILES string of the molecule is CCCCCC/C=C\C=C/CCCCCCCC(=O)OC[C@H](COP(=O)(O)OCC(O)COP(=O)(O)OC[C@@H](COC(=O)CCCCCCCCCC(C)C)OC(=O)CCCCCCCCCC(C)C)OC(=O)CCCCCCCCCCC(C)C. The highest BCUT2D eigenvalue weighted by molar-refractivity contribution is 7.47. The van der Waals surface area contributed by atoms with Gasteiger partial charge in [0.2, 0.25) is 0 Å². The van der Waals surface area contributed by atoms with Crippen LogP contribution in [0.1, 0.15) is 305 Å². The lowest BCUT2D eigenvalue weighted by molar-refractivity contribution is -0.161. The minimum Gasteiger partial charge on any atom is -0.462 e. The van der Waals surface area contributed by atoms with Crippen molar-refractivity contribution in [1.29, 1.82) is 0 Å². The fourth-order valence-electron chi connectivity index (χ4n) is 9.47. The van der Waals surface area contributed by atoms with Crippen LogP contribution in [0, 0.1) is 17.8 Å². The van der Waals surface area contributed by atoms with Crippen molar-refractivity contribution in [1.82, 2.24) is 0 Å². The first-order valence-corrected chi connectivity index (χ1v) is 37.2. The second-order valence-electron chi connectivity index (χ2n) is 25.0. The van der Waals surface area contributed by atoms with Crippen molar-refractivity contribution >= 4 is 39.5 Å². The van der Waals surface area contributed by atoms with E-state index in [2.05, 4.69) is 72.8 Å². The topological polar surface area (TPSA) is 237 Å². The van der Waals surface area contributed by atoms with Crippen molar-refractivity contribution < 1.29 is 80.2 Å². The molecule has 0 aromatic heterocycles. The molecule has 0 aliphatic rings. The first kappa shape index (κ1) is 83.5. The van der Waals surface area contributed by atoms with Crippen molar-refractivity contribution in [2.45, 2.75) is 324 Å². The number of aliphatic hydroxyl groups excluding tert-OH is 1. The second kappa shape index (κ2) is 57.7. The van der Waals surface area contributed by atoms with E-state index in [1.165, 1.54) is 89.9 Å². The quantitative estimate of drug-likeness (QED) is 0.0169. The van der Waals surface area contributed by atoms with Gasteiger partial charge in [0.15, 0.2) is 12.2 Å². The fourth-order valence-corrected chi connectivity index (χ4v) is 11.0. The molecule has 0 aliphatic heterocycles. The molecule has 0 bridgehead atoms. The molecule has 86 heavy (non-hydrogen) atoms. The third-order valence-electron chi connectivity index (χ3n) is 14.8. The van der Waals surface area contributed by atoms with E-state index >= 15 is 0 Å². The molecule has 17 nitrogen and oxygen atoms in total. The van der Waals surface area contributed by atoms with Crippen LogP contribution in [0.15, 0.2) is 24.3 Å². The molecule has 0 radical (unpaired) electrons. The predicted molar refractivity (Wildman–Crippen MR) is 344 cm³/mol. The summed E-state index contributed by atoms with van der Waals surface area (Å²) < 4.78 is 68.0. The molecule has 0 saturated carbocycles. The summed E-state index contributed by atoms with van der Waals surface area (Å²) in [5.74, 6) is -0.0539. The number of ether oxygens (including phenoxy) is 4. The van der Waals surface area contributed by atoms with Crippen LogP contribution < -0.4 is 0 Å². The lowest BCUT2D eigenvalue weighted by Gasteiger charge is -2.21. The highest BCUT2D eigenvalue weighted by atomic mass is 31.2. The summed E-state index contributed by atoms with van der Waals surface area (Å²) in [5.41, 5.74) is 0. The number of allylic oxidation sites excluding steroid dienone is 4.